The molecule has 2 N–H and O–H groups in total. The molecule has 2 aliphatic heterocycles. The van der Waals surface area contributed by atoms with E-state index in [4.69, 9.17) is 9.47 Å². The van der Waals surface area contributed by atoms with E-state index in [1.807, 2.05) is 123 Å². The van der Waals surface area contributed by atoms with Crippen molar-refractivity contribution in [1.29, 1.82) is 0 Å². The first-order valence-electron chi connectivity index (χ1n) is 13.9. The van der Waals surface area contributed by atoms with Crippen molar-refractivity contribution in [2.75, 3.05) is 0 Å². The van der Waals surface area contributed by atoms with Crippen molar-refractivity contribution in [1.82, 2.24) is 10.6 Å². The Kier molecular flexibility index (Phi) is 10.0. The maximum Gasteiger partial charge on any atom is 0.408 e. The molecule has 224 valence electrons. The highest BCUT2D eigenvalue weighted by atomic mass is 32.2. The molecule has 4 aromatic rings. The molecule has 8 nitrogen and oxygen atoms in total. The Labute approximate surface area is 263 Å². The maximum atomic E-state index is 12.5. The first-order valence-corrected chi connectivity index (χ1v) is 15.5. The average Bonchev–Trinajstić information content (AvgIpc) is 3.63. The second kappa shape index (κ2) is 14.3. The summed E-state index contributed by atoms with van der Waals surface area (Å²) >= 11 is 2.19. The summed E-state index contributed by atoms with van der Waals surface area (Å²) in [4.78, 5) is 49.7. The van der Waals surface area contributed by atoms with Crippen molar-refractivity contribution in [2.24, 2.45) is 0 Å². The van der Waals surface area contributed by atoms with Gasteiger partial charge in [-0.1, -0.05) is 96.1 Å². The van der Waals surface area contributed by atoms with E-state index in [9.17, 15) is 19.2 Å². The number of hydrogen-bond donors (Lipinski definition) is 2. The second-order valence-electron chi connectivity index (χ2n) is 10.2. The van der Waals surface area contributed by atoms with Gasteiger partial charge >= 0.3 is 12.2 Å². The van der Waals surface area contributed by atoms with Crippen LogP contribution in [0.5, 0.6) is 0 Å². The van der Waals surface area contributed by atoms with Crippen LogP contribution in [0, 0.1) is 13.8 Å². The number of nitrogens with one attached hydrogen (secondary N) is 2. The normalized spacial score (nSPS) is 20.3. The van der Waals surface area contributed by atoms with E-state index in [0.29, 0.717) is 0 Å². The van der Waals surface area contributed by atoms with Crippen LogP contribution < -0.4 is 10.6 Å². The lowest BCUT2D eigenvalue weighted by Gasteiger charge is -2.15. The molecule has 0 radical (unpaired) electrons. The number of rotatable bonds is 6. The Morgan fingerprint density at radius 3 is 1.23 bits per heavy atom. The van der Waals surface area contributed by atoms with Crippen LogP contribution in [0.4, 0.5) is 9.59 Å². The van der Waals surface area contributed by atoms with Gasteiger partial charge < -0.3 is 20.1 Å². The van der Waals surface area contributed by atoms with E-state index in [1.165, 1.54) is 0 Å². The van der Waals surface area contributed by atoms with Crippen LogP contribution >= 0.6 is 23.5 Å². The number of hydrogen-bond acceptors (Lipinski definition) is 8. The van der Waals surface area contributed by atoms with E-state index in [2.05, 4.69) is 10.6 Å². The van der Waals surface area contributed by atoms with E-state index in [0.717, 1.165) is 55.6 Å². The van der Waals surface area contributed by atoms with Gasteiger partial charge in [0.25, 0.3) is 0 Å². The molecular formula is C34H30N2O6S2. The molecule has 4 aromatic carbocycles. The fraction of sp³-hybridized carbons (Fsp3) is 0.176. The maximum absolute atomic E-state index is 12.5. The van der Waals surface area contributed by atoms with Gasteiger partial charge in [-0.25, -0.2) is 9.59 Å². The average molecular weight is 627 g/mol. The highest BCUT2D eigenvalue weighted by Gasteiger charge is 2.41. The number of amides is 2. The minimum Gasteiger partial charge on any atom is -0.435 e. The number of thioether (sulfide) groups is 2. The van der Waals surface area contributed by atoms with E-state index in [1.54, 1.807) is 0 Å². The molecule has 2 aliphatic rings. The summed E-state index contributed by atoms with van der Waals surface area (Å²) in [7, 11) is 0. The van der Waals surface area contributed by atoms with Gasteiger partial charge in [0.1, 0.15) is 12.1 Å². The zero-order chi connectivity index (χ0) is 31.1. The third-order valence-corrected chi connectivity index (χ3v) is 8.76. The number of benzene rings is 4. The molecule has 0 spiro atoms. The third-order valence-electron chi connectivity index (χ3n) is 6.88. The van der Waals surface area contributed by atoms with Crippen LogP contribution in [-0.2, 0) is 19.1 Å². The molecule has 2 fully saturated rings. The minimum absolute atomic E-state index is 0.184. The highest BCUT2D eigenvalue weighted by Crippen LogP contribution is 2.32. The number of alkyl carbamates (subject to hydrolysis) is 2. The Morgan fingerprint density at radius 2 is 0.886 bits per heavy atom. The fourth-order valence-corrected chi connectivity index (χ4v) is 6.22. The molecule has 0 bridgehead atoms. The highest BCUT2D eigenvalue weighted by molar-refractivity contribution is 8.14. The van der Waals surface area contributed by atoms with Crippen molar-refractivity contribution in [3.05, 3.63) is 131 Å². The second-order valence-corrected chi connectivity index (χ2v) is 12.3. The lowest BCUT2D eigenvalue weighted by atomic mass is 10.0. The van der Waals surface area contributed by atoms with E-state index >= 15 is 0 Å². The Balaban J connectivity index is 0.000000175. The van der Waals surface area contributed by atoms with Crippen LogP contribution in [0.1, 0.15) is 34.3 Å². The lowest BCUT2D eigenvalue weighted by Crippen LogP contribution is -2.27. The summed E-state index contributed by atoms with van der Waals surface area (Å²) in [6, 6.07) is 33.2. The van der Waals surface area contributed by atoms with Gasteiger partial charge in [0, 0.05) is 9.79 Å². The molecule has 44 heavy (non-hydrogen) atoms. The number of carbonyl (C=O) groups excluding carboxylic acids is 4. The molecular weight excluding hydrogens is 597 g/mol. The van der Waals surface area contributed by atoms with Gasteiger partial charge in [-0.15, -0.1) is 0 Å². The van der Waals surface area contributed by atoms with Gasteiger partial charge in [0.2, 0.25) is 10.2 Å². The Hall–Kier alpha value is -4.54. The Bertz CT molecular complexity index is 1490. The lowest BCUT2D eigenvalue weighted by molar-refractivity contribution is -0.118. The predicted octanol–water partition coefficient (Wildman–Crippen LogP) is 6.93. The zero-order valence-electron chi connectivity index (χ0n) is 24.0. The summed E-state index contributed by atoms with van der Waals surface area (Å²) in [5, 5.41) is 5.03. The molecule has 6 rings (SSSR count). The van der Waals surface area contributed by atoms with Crippen LogP contribution in [0.3, 0.4) is 0 Å². The molecule has 0 aromatic heterocycles. The molecule has 2 amide bonds. The topological polar surface area (TPSA) is 111 Å². The molecule has 2 saturated heterocycles. The SMILES string of the molecule is Cc1ccc(SC(=O)[C@@H]2OC(=O)N[C@@H]2c2ccccc2)cc1.Cc1ccc(SC(=O)[C@@H]2OC(=O)N[C@@H]2c2ccccc2)cc1. The van der Waals surface area contributed by atoms with Gasteiger partial charge in [-0.3, -0.25) is 9.59 Å². The number of aryl methyl sites for hydroxylation is 2. The van der Waals surface area contributed by atoms with Gasteiger partial charge in [0.05, 0.1) is 0 Å². The smallest absolute Gasteiger partial charge is 0.408 e. The summed E-state index contributed by atoms with van der Waals surface area (Å²) in [5.74, 6) is 0. The summed E-state index contributed by atoms with van der Waals surface area (Å²) in [5.41, 5.74) is 3.98. The fourth-order valence-electron chi connectivity index (χ4n) is 4.61. The molecule has 0 aliphatic carbocycles. The zero-order valence-corrected chi connectivity index (χ0v) is 25.6. The van der Waals surface area contributed by atoms with Gasteiger partial charge in [-0.05, 0) is 72.8 Å². The first-order chi connectivity index (χ1) is 21.3. The summed E-state index contributed by atoms with van der Waals surface area (Å²) in [6.45, 7) is 3.98. The monoisotopic (exact) mass is 626 g/mol. The van der Waals surface area contributed by atoms with Crippen LogP contribution in [-0.4, -0.2) is 34.6 Å². The standard InChI is InChI=1S/2C17H15NO3S/c2*1-11-7-9-13(10-8-11)22-16(19)15-14(18-17(20)21-15)12-5-3-2-4-6-12/h2*2-10,14-15H,1H3,(H,18,20)/t2*14-,15-/m11/s1. The van der Waals surface area contributed by atoms with Crippen molar-refractivity contribution < 1.29 is 28.7 Å². The van der Waals surface area contributed by atoms with Crippen LogP contribution in [0.2, 0.25) is 0 Å². The van der Waals surface area contributed by atoms with Crippen molar-refractivity contribution >= 4 is 45.9 Å². The summed E-state index contributed by atoms with van der Waals surface area (Å²) in [6.07, 6.45) is -2.75. The molecule has 4 atom stereocenters. The van der Waals surface area contributed by atoms with Gasteiger partial charge in [-0.2, -0.15) is 0 Å². The Morgan fingerprint density at radius 1 is 0.545 bits per heavy atom. The largest absolute Gasteiger partial charge is 0.435 e. The van der Waals surface area contributed by atoms with Crippen LogP contribution in [0.15, 0.2) is 119 Å². The molecule has 0 saturated carbocycles. The van der Waals surface area contributed by atoms with Crippen molar-refractivity contribution in [2.45, 2.75) is 47.9 Å². The first kappa shape index (κ1) is 30.9. The molecule has 10 heteroatoms. The third kappa shape index (κ3) is 7.89. The number of carbonyl (C=O) groups is 4. The minimum atomic E-state index is -0.818. The van der Waals surface area contributed by atoms with Crippen molar-refractivity contribution in [3.63, 3.8) is 0 Å². The quantitative estimate of drug-likeness (QED) is 0.222. The molecule has 2 heterocycles. The predicted molar refractivity (Wildman–Crippen MR) is 169 cm³/mol. The molecule has 0 unspecified atom stereocenters. The van der Waals surface area contributed by atoms with E-state index in [-0.39, 0.29) is 10.2 Å². The summed E-state index contributed by atoms with van der Waals surface area (Å²) < 4.78 is 10.3. The van der Waals surface area contributed by atoms with Crippen molar-refractivity contribution in [3.8, 4) is 0 Å². The van der Waals surface area contributed by atoms with Crippen LogP contribution in [0.25, 0.3) is 0 Å². The van der Waals surface area contributed by atoms with E-state index < -0.39 is 36.5 Å². The van der Waals surface area contributed by atoms with Gasteiger partial charge in [0.15, 0.2) is 12.2 Å². The number of ether oxygens (including phenoxy) is 2. The number of cyclic esters (lactones) is 2.